The molecule has 1 atom stereocenters. The van der Waals surface area contributed by atoms with E-state index >= 15 is 0 Å². The van der Waals surface area contributed by atoms with Crippen molar-refractivity contribution in [3.8, 4) is 0 Å². The van der Waals surface area contributed by atoms with Gasteiger partial charge in [-0.2, -0.15) is 0 Å². The van der Waals surface area contributed by atoms with Crippen molar-refractivity contribution in [2.45, 2.75) is 26.9 Å². The monoisotopic (exact) mass is 293 g/mol. The zero-order chi connectivity index (χ0) is 15.9. The van der Waals surface area contributed by atoms with Gasteiger partial charge in [-0.1, -0.05) is 30.3 Å². The largest absolute Gasteiger partial charge is 0.469 e. The molecule has 0 aromatic heterocycles. The second kappa shape index (κ2) is 7.78. The van der Waals surface area contributed by atoms with Crippen molar-refractivity contribution in [3.05, 3.63) is 35.9 Å². The fraction of sp³-hybridized carbons (Fsp3) is 0.500. The minimum absolute atomic E-state index is 0.179. The average Bonchev–Trinajstić information content (AvgIpc) is 2.50. The number of carbonyl (C=O) groups excluding carboxylic acids is 2. The van der Waals surface area contributed by atoms with E-state index in [0.29, 0.717) is 13.0 Å². The third-order valence-electron chi connectivity index (χ3n) is 3.55. The van der Waals surface area contributed by atoms with Crippen molar-refractivity contribution in [2.75, 3.05) is 13.7 Å². The second-order valence-electron chi connectivity index (χ2n) is 5.44. The van der Waals surface area contributed by atoms with Crippen LogP contribution in [0.5, 0.6) is 0 Å². The van der Waals surface area contributed by atoms with Crippen LogP contribution in [0.4, 0.5) is 0 Å². The number of carbonyl (C=O) groups is 2. The summed E-state index contributed by atoms with van der Waals surface area (Å²) in [7, 11) is 1.30. The molecule has 1 aromatic rings. The lowest BCUT2D eigenvalue weighted by Gasteiger charge is -2.29. The molecule has 0 heterocycles. The summed E-state index contributed by atoms with van der Waals surface area (Å²) in [4.78, 5) is 24.1. The van der Waals surface area contributed by atoms with E-state index in [1.165, 1.54) is 7.11 Å². The third-order valence-corrected chi connectivity index (χ3v) is 3.55. The summed E-state index contributed by atoms with van der Waals surface area (Å²) < 4.78 is 10.1. The molecule has 0 amide bonds. The van der Waals surface area contributed by atoms with Crippen LogP contribution in [-0.4, -0.2) is 25.6 Å². The minimum atomic E-state index is -0.970. The van der Waals surface area contributed by atoms with Gasteiger partial charge < -0.3 is 15.2 Å². The SMILES string of the molecule is COC(=O)C(C)(C)C(CCN)C(=O)OCc1ccccc1. The molecule has 0 aliphatic heterocycles. The number of benzene rings is 1. The molecule has 1 aromatic carbocycles. The highest BCUT2D eigenvalue weighted by Gasteiger charge is 2.42. The smallest absolute Gasteiger partial charge is 0.312 e. The summed E-state index contributed by atoms with van der Waals surface area (Å²) in [6.07, 6.45) is 0.371. The molecule has 21 heavy (non-hydrogen) atoms. The van der Waals surface area contributed by atoms with Crippen LogP contribution in [0.3, 0.4) is 0 Å². The molecule has 0 saturated heterocycles. The maximum atomic E-state index is 12.3. The highest BCUT2D eigenvalue weighted by atomic mass is 16.5. The van der Waals surface area contributed by atoms with Crippen molar-refractivity contribution in [2.24, 2.45) is 17.1 Å². The highest BCUT2D eigenvalue weighted by Crippen LogP contribution is 2.32. The third kappa shape index (κ3) is 4.56. The van der Waals surface area contributed by atoms with Gasteiger partial charge in [0.2, 0.25) is 0 Å². The molecule has 0 spiro atoms. The zero-order valence-corrected chi connectivity index (χ0v) is 12.8. The molecule has 5 heteroatoms. The summed E-state index contributed by atoms with van der Waals surface area (Å²) in [6.45, 7) is 3.81. The van der Waals surface area contributed by atoms with E-state index in [4.69, 9.17) is 15.2 Å². The molecule has 1 unspecified atom stereocenters. The van der Waals surface area contributed by atoms with Crippen molar-refractivity contribution in [3.63, 3.8) is 0 Å². The Labute approximate surface area is 125 Å². The highest BCUT2D eigenvalue weighted by molar-refractivity contribution is 5.84. The number of esters is 2. The Hall–Kier alpha value is -1.88. The van der Waals surface area contributed by atoms with E-state index in [0.717, 1.165) is 5.56 Å². The zero-order valence-electron chi connectivity index (χ0n) is 12.8. The molecule has 0 aliphatic carbocycles. The van der Waals surface area contributed by atoms with Gasteiger partial charge in [0.15, 0.2) is 0 Å². The van der Waals surface area contributed by atoms with E-state index in [2.05, 4.69) is 0 Å². The van der Waals surface area contributed by atoms with Gasteiger partial charge in [-0.3, -0.25) is 9.59 Å². The van der Waals surface area contributed by atoms with E-state index in [1.54, 1.807) is 13.8 Å². The van der Waals surface area contributed by atoms with Crippen LogP contribution in [0.25, 0.3) is 0 Å². The number of hydrogen-bond acceptors (Lipinski definition) is 5. The first-order chi connectivity index (χ1) is 9.93. The van der Waals surface area contributed by atoms with Gasteiger partial charge in [-0.25, -0.2) is 0 Å². The van der Waals surface area contributed by atoms with Gasteiger partial charge in [-0.15, -0.1) is 0 Å². The van der Waals surface area contributed by atoms with Crippen LogP contribution in [0.1, 0.15) is 25.8 Å². The van der Waals surface area contributed by atoms with Crippen LogP contribution < -0.4 is 5.73 Å². The molecular formula is C16H23NO4. The van der Waals surface area contributed by atoms with Gasteiger partial charge >= 0.3 is 11.9 Å². The maximum absolute atomic E-state index is 12.3. The Morgan fingerprint density at radius 3 is 2.38 bits per heavy atom. The number of hydrogen-bond donors (Lipinski definition) is 1. The Balaban J connectivity index is 2.76. The molecule has 0 saturated carbocycles. The lowest BCUT2D eigenvalue weighted by Crippen LogP contribution is -2.40. The molecule has 116 valence electrons. The summed E-state index contributed by atoms with van der Waals surface area (Å²) >= 11 is 0. The fourth-order valence-corrected chi connectivity index (χ4v) is 2.17. The van der Waals surface area contributed by atoms with Crippen LogP contribution >= 0.6 is 0 Å². The Kier molecular flexibility index (Phi) is 6.37. The number of ether oxygens (including phenoxy) is 2. The van der Waals surface area contributed by atoms with Crippen LogP contribution in [0, 0.1) is 11.3 Å². The van der Waals surface area contributed by atoms with Gasteiger partial charge in [0.1, 0.15) is 6.61 Å². The van der Waals surface area contributed by atoms with Crippen molar-refractivity contribution in [1.29, 1.82) is 0 Å². The Bertz CT molecular complexity index is 470. The van der Waals surface area contributed by atoms with Crippen molar-refractivity contribution in [1.82, 2.24) is 0 Å². The number of methoxy groups -OCH3 is 1. The predicted molar refractivity (Wildman–Crippen MR) is 79.2 cm³/mol. The van der Waals surface area contributed by atoms with Gasteiger partial charge in [0.25, 0.3) is 0 Å². The maximum Gasteiger partial charge on any atom is 0.312 e. The molecule has 5 nitrogen and oxygen atoms in total. The molecular weight excluding hydrogens is 270 g/mol. The van der Waals surface area contributed by atoms with E-state index in [1.807, 2.05) is 30.3 Å². The molecule has 1 rings (SSSR count). The fourth-order valence-electron chi connectivity index (χ4n) is 2.17. The standard InChI is InChI=1S/C16H23NO4/c1-16(2,15(19)20-3)13(9-10-17)14(18)21-11-12-7-5-4-6-8-12/h4-8,13H,9-11,17H2,1-3H3. The Morgan fingerprint density at radius 1 is 1.24 bits per heavy atom. The van der Waals surface area contributed by atoms with Gasteiger partial charge in [0.05, 0.1) is 18.4 Å². The topological polar surface area (TPSA) is 78.6 Å². The van der Waals surface area contributed by atoms with Crippen LogP contribution in [0.2, 0.25) is 0 Å². The molecule has 0 bridgehead atoms. The quantitative estimate of drug-likeness (QED) is 0.777. The normalized spacial score (nSPS) is 12.6. The van der Waals surface area contributed by atoms with E-state index in [9.17, 15) is 9.59 Å². The molecule has 0 fully saturated rings. The first-order valence-electron chi connectivity index (χ1n) is 6.92. The molecule has 0 aliphatic rings. The summed E-state index contributed by atoms with van der Waals surface area (Å²) in [6, 6.07) is 9.38. The van der Waals surface area contributed by atoms with E-state index < -0.39 is 23.3 Å². The lowest BCUT2D eigenvalue weighted by molar-refractivity contribution is -0.166. The lowest BCUT2D eigenvalue weighted by atomic mass is 9.77. The average molecular weight is 293 g/mol. The summed E-state index contributed by atoms with van der Waals surface area (Å²) in [5, 5.41) is 0. The number of nitrogens with two attached hydrogens (primary N) is 1. The second-order valence-corrected chi connectivity index (χ2v) is 5.44. The van der Waals surface area contributed by atoms with Crippen molar-refractivity contribution < 1.29 is 19.1 Å². The first kappa shape index (κ1) is 17.2. The first-order valence-corrected chi connectivity index (χ1v) is 6.92. The Morgan fingerprint density at radius 2 is 1.86 bits per heavy atom. The summed E-state index contributed by atoms with van der Waals surface area (Å²) in [5.41, 5.74) is 5.48. The van der Waals surface area contributed by atoms with E-state index in [-0.39, 0.29) is 6.61 Å². The van der Waals surface area contributed by atoms with Gasteiger partial charge in [0, 0.05) is 0 Å². The summed E-state index contributed by atoms with van der Waals surface area (Å²) in [5.74, 6) is -1.50. The number of rotatable bonds is 7. The molecule has 0 radical (unpaired) electrons. The van der Waals surface area contributed by atoms with Crippen LogP contribution in [0.15, 0.2) is 30.3 Å². The van der Waals surface area contributed by atoms with Crippen molar-refractivity contribution >= 4 is 11.9 Å². The molecule has 2 N–H and O–H groups in total. The van der Waals surface area contributed by atoms with Crippen LogP contribution in [-0.2, 0) is 25.7 Å². The minimum Gasteiger partial charge on any atom is -0.469 e. The predicted octanol–water partition coefficient (Wildman–Crippen LogP) is 1.89. The van der Waals surface area contributed by atoms with Gasteiger partial charge in [-0.05, 0) is 32.4 Å².